The van der Waals surface area contributed by atoms with Crippen molar-refractivity contribution in [2.75, 3.05) is 32.0 Å². The highest BCUT2D eigenvalue weighted by Crippen LogP contribution is 2.12. The lowest BCUT2D eigenvalue weighted by atomic mass is 10.2. The fourth-order valence-electron chi connectivity index (χ4n) is 1.70. The Balaban J connectivity index is 2.86. The molecule has 0 aliphatic carbocycles. The first-order valence-corrected chi connectivity index (χ1v) is 7.11. The highest BCUT2D eigenvalue weighted by atomic mass is 32.2. The van der Waals surface area contributed by atoms with E-state index < -0.39 is 22.0 Å². The van der Waals surface area contributed by atoms with Crippen LogP contribution in [0.2, 0.25) is 0 Å². The molecule has 0 aromatic heterocycles. The van der Waals surface area contributed by atoms with E-state index in [1.165, 1.54) is 10.4 Å². The number of nitrogens with one attached hydrogen (secondary N) is 1. The lowest BCUT2D eigenvalue weighted by molar-refractivity contribution is -0.148. The van der Waals surface area contributed by atoms with Crippen LogP contribution in [0.15, 0.2) is 12.7 Å². The van der Waals surface area contributed by atoms with Gasteiger partial charge >= 0.3 is 5.97 Å². The van der Waals surface area contributed by atoms with Crippen molar-refractivity contribution >= 4 is 16.0 Å². The highest BCUT2D eigenvalue weighted by molar-refractivity contribution is 7.89. The van der Waals surface area contributed by atoms with Gasteiger partial charge in [-0.05, 0) is 6.92 Å². The van der Waals surface area contributed by atoms with Crippen LogP contribution in [0.4, 0.5) is 0 Å². The third-order valence-corrected chi connectivity index (χ3v) is 4.25. The molecule has 0 saturated carbocycles. The molecule has 7 heteroatoms. The molecule has 17 heavy (non-hydrogen) atoms. The molecule has 0 spiro atoms. The van der Waals surface area contributed by atoms with Crippen LogP contribution in [0.25, 0.3) is 0 Å². The van der Waals surface area contributed by atoms with Gasteiger partial charge in [0.25, 0.3) is 0 Å². The van der Waals surface area contributed by atoms with Crippen LogP contribution >= 0.6 is 0 Å². The summed E-state index contributed by atoms with van der Waals surface area (Å²) in [6.45, 7) is 6.44. The van der Waals surface area contributed by atoms with Gasteiger partial charge in [-0.15, -0.1) is 6.58 Å². The average Bonchev–Trinajstić information content (AvgIpc) is 2.29. The van der Waals surface area contributed by atoms with Gasteiger partial charge < -0.3 is 10.1 Å². The molecule has 1 fully saturated rings. The lowest BCUT2D eigenvalue weighted by Crippen LogP contribution is -2.57. The van der Waals surface area contributed by atoms with Crippen molar-refractivity contribution in [2.45, 2.75) is 13.0 Å². The summed E-state index contributed by atoms with van der Waals surface area (Å²) >= 11 is 0. The second-order valence-electron chi connectivity index (χ2n) is 3.65. The maximum atomic E-state index is 11.9. The Hall–Kier alpha value is -0.920. The van der Waals surface area contributed by atoms with E-state index in [-0.39, 0.29) is 25.4 Å². The Labute approximate surface area is 102 Å². The SMILES string of the molecule is C=CCS(=O)(=O)N1CCNCC1C(=O)OCC. The number of nitrogens with zero attached hydrogens (tertiary/aromatic N) is 1. The zero-order valence-electron chi connectivity index (χ0n) is 9.89. The number of carbonyl (C=O) groups is 1. The molecular weight excluding hydrogens is 244 g/mol. The van der Waals surface area contributed by atoms with Crippen molar-refractivity contribution in [2.24, 2.45) is 0 Å². The number of hydrogen-bond acceptors (Lipinski definition) is 5. The second kappa shape index (κ2) is 6.13. The van der Waals surface area contributed by atoms with Crippen molar-refractivity contribution < 1.29 is 17.9 Å². The van der Waals surface area contributed by atoms with Crippen LogP contribution in [0, 0.1) is 0 Å². The number of sulfonamides is 1. The number of piperazine rings is 1. The predicted molar refractivity (Wildman–Crippen MR) is 64.0 cm³/mol. The van der Waals surface area contributed by atoms with Gasteiger partial charge in [-0.25, -0.2) is 8.42 Å². The molecular formula is C10H18N2O4S. The topological polar surface area (TPSA) is 75.7 Å². The zero-order valence-corrected chi connectivity index (χ0v) is 10.7. The Kier molecular flexibility index (Phi) is 5.10. The minimum atomic E-state index is -3.47. The fraction of sp³-hybridized carbons (Fsp3) is 0.700. The molecule has 1 heterocycles. The molecule has 1 aliphatic heterocycles. The highest BCUT2D eigenvalue weighted by Gasteiger charge is 2.36. The van der Waals surface area contributed by atoms with Crippen molar-refractivity contribution in [3.05, 3.63) is 12.7 Å². The minimum Gasteiger partial charge on any atom is -0.465 e. The quantitative estimate of drug-likeness (QED) is 0.526. The molecule has 1 aliphatic rings. The standard InChI is InChI=1S/C10H18N2O4S/c1-3-7-17(14,15)12-6-5-11-8-9(12)10(13)16-4-2/h3,9,11H,1,4-8H2,2H3. The van der Waals surface area contributed by atoms with Gasteiger partial charge in [0.15, 0.2) is 0 Å². The normalized spacial score (nSPS) is 22.1. The van der Waals surface area contributed by atoms with E-state index in [0.29, 0.717) is 6.54 Å². The molecule has 1 unspecified atom stereocenters. The molecule has 1 rings (SSSR count). The smallest absolute Gasteiger partial charge is 0.325 e. The van der Waals surface area contributed by atoms with Gasteiger partial charge in [0.05, 0.1) is 12.4 Å². The van der Waals surface area contributed by atoms with Gasteiger partial charge in [0.1, 0.15) is 6.04 Å². The molecule has 0 bridgehead atoms. The van der Waals surface area contributed by atoms with Crippen LogP contribution in [-0.2, 0) is 19.6 Å². The van der Waals surface area contributed by atoms with E-state index in [4.69, 9.17) is 4.74 Å². The summed E-state index contributed by atoms with van der Waals surface area (Å²) in [6.07, 6.45) is 1.32. The average molecular weight is 262 g/mol. The maximum absolute atomic E-state index is 11.9. The summed E-state index contributed by atoms with van der Waals surface area (Å²) in [5.41, 5.74) is 0. The zero-order chi connectivity index (χ0) is 12.9. The summed E-state index contributed by atoms with van der Waals surface area (Å²) < 4.78 is 29.9. The molecule has 0 aromatic carbocycles. The molecule has 6 nitrogen and oxygen atoms in total. The van der Waals surface area contributed by atoms with Gasteiger partial charge in [0, 0.05) is 19.6 Å². The summed E-state index contributed by atoms with van der Waals surface area (Å²) in [5.74, 6) is -0.671. The van der Waals surface area contributed by atoms with E-state index in [9.17, 15) is 13.2 Å². The number of esters is 1. The lowest BCUT2D eigenvalue weighted by Gasteiger charge is -2.33. The van der Waals surface area contributed by atoms with E-state index in [0.717, 1.165) is 0 Å². The van der Waals surface area contributed by atoms with Crippen LogP contribution in [0.1, 0.15) is 6.92 Å². The van der Waals surface area contributed by atoms with Gasteiger partial charge in [-0.3, -0.25) is 4.79 Å². The van der Waals surface area contributed by atoms with Gasteiger partial charge in [-0.1, -0.05) is 6.08 Å². The Morgan fingerprint density at radius 2 is 2.35 bits per heavy atom. The summed E-state index contributed by atoms with van der Waals surface area (Å²) in [4.78, 5) is 11.7. The van der Waals surface area contributed by atoms with E-state index in [1.807, 2.05) is 0 Å². The monoisotopic (exact) mass is 262 g/mol. The number of carbonyl (C=O) groups excluding carboxylic acids is 1. The van der Waals surface area contributed by atoms with Gasteiger partial charge in [-0.2, -0.15) is 4.31 Å². The maximum Gasteiger partial charge on any atom is 0.325 e. The number of hydrogen-bond donors (Lipinski definition) is 1. The molecule has 1 saturated heterocycles. The largest absolute Gasteiger partial charge is 0.465 e. The second-order valence-corrected chi connectivity index (χ2v) is 5.62. The minimum absolute atomic E-state index is 0.164. The summed E-state index contributed by atoms with van der Waals surface area (Å²) in [6, 6.07) is -0.770. The Morgan fingerprint density at radius 3 is 2.94 bits per heavy atom. The molecule has 1 atom stereocenters. The molecule has 0 amide bonds. The van der Waals surface area contributed by atoms with E-state index in [2.05, 4.69) is 11.9 Å². The molecule has 0 radical (unpaired) electrons. The van der Waals surface area contributed by atoms with Crippen molar-refractivity contribution in [3.63, 3.8) is 0 Å². The summed E-state index contributed by atoms with van der Waals surface area (Å²) in [7, 11) is -3.47. The van der Waals surface area contributed by atoms with Crippen molar-refractivity contribution in [1.29, 1.82) is 0 Å². The molecule has 1 N–H and O–H groups in total. The Bertz CT molecular complexity index is 380. The van der Waals surface area contributed by atoms with E-state index >= 15 is 0 Å². The van der Waals surface area contributed by atoms with Gasteiger partial charge in [0.2, 0.25) is 10.0 Å². The Morgan fingerprint density at radius 1 is 1.65 bits per heavy atom. The first kappa shape index (κ1) is 14.1. The third-order valence-electron chi connectivity index (χ3n) is 2.44. The first-order valence-electron chi connectivity index (χ1n) is 5.50. The summed E-state index contributed by atoms with van der Waals surface area (Å²) in [5, 5.41) is 2.99. The molecule has 0 aromatic rings. The van der Waals surface area contributed by atoms with Crippen LogP contribution in [0.3, 0.4) is 0 Å². The molecule has 98 valence electrons. The number of ether oxygens (including phenoxy) is 1. The third kappa shape index (κ3) is 3.52. The predicted octanol–water partition coefficient (Wildman–Crippen LogP) is -0.661. The van der Waals surface area contributed by atoms with E-state index in [1.54, 1.807) is 6.92 Å². The van der Waals surface area contributed by atoms with Crippen LogP contribution < -0.4 is 5.32 Å². The van der Waals surface area contributed by atoms with Crippen molar-refractivity contribution in [3.8, 4) is 0 Å². The first-order chi connectivity index (χ1) is 8.03. The van der Waals surface area contributed by atoms with Crippen LogP contribution in [-0.4, -0.2) is 56.7 Å². The number of rotatable bonds is 5. The van der Waals surface area contributed by atoms with Crippen molar-refractivity contribution in [1.82, 2.24) is 9.62 Å². The van der Waals surface area contributed by atoms with Crippen LogP contribution in [0.5, 0.6) is 0 Å². The fourth-order valence-corrected chi connectivity index (χ4v) is 3.11.